The fourth-order valence-electron chi connectivity index (χ4n) is 2.46. The van der Waals surface area contributed by atoms with E-state index in [-0.39, 0.29) is 24.5 Å². The molecule has 27 heavy (non-hydrogen) atoms. The molecular formula is C21H30N2O4. The van der Waals surface area contributed by atoms with Gasteiger partial charge in [-0.3, -0.25) is 9.59 Å². The first-order chi connectivity index (χ1) is 12.7. The van der Waals surface area contributed by atoms with Crippen LogP contribution in [0.3, 0.4) is 0 Å². The summed E-state index contributed by atoms with van der Waals surface area (Å²) in [6, 6.07) is 8.19. The summed E-state index contributed by atoms with van der Waals surface area (Å²) in [5.74, 6) is -1.06. The molecule has 6 nitrogen and oxygen atoms in total. The van der Waals surface area contributed by atoms with Crippen molar-refractivity contribution in [2.75, 3.05) is 7.05 Å². The highest BCUT2D eigenvalue weighted by Crippen LogP contribution is 2.12. The van der Waals surface area contributed by atoms with Crippen molar-refractivity contribution in [2.45, 2.75) is 57.7 Å². The van der Waals surface area contributed by atoms with Gasteiger partial charge >= 0.3 is 5.97 Å². The second kappa shape index (κ2) is 10.6. The van der Waals surface area contributed by atoms with E-state index in [0.717, 1.165) is 5.56 Å². The van der Waals surface area contributed by atoms with Crippen molar-refractivity contribution in [1.82, 2.24) is 10.6 Å². The van der Waals surface area contributed by atoms with Gasteiger partial charge in [0.2, 0.25) is 5.91 Å². The van der Waals surface area contributed by atoms with E-state index in [2.05, 4.69) is 17.2 Å². The van der Waals surface area contributed by atoms with Gasteiger partial charge in [0.25, 0.3) is 0 Å². The lowest BCUT2D eigenvalue weighted by Gasteiger charge is -2.26. The Balaban J connectivity index is 2.83. The molecular weight excluding hydrogens is 344 g/mol. The number of benzene rings is 1. The number of hydrogen-bond acceptors (Lipinski definition) is 5. The van der Waals surface area contributed by atoms with Crippen molar-refractivity contribution in [2.24, 2.45) is 0 Å². The number of nitrogens with one attached hydrogen (secondary N) is 2. The summed E-state index contributed by atoms with van der Waals surface area (Å²) in [5, 5.41) is 5.70. The van der Waals surface area contributed by atoms with Gasteiger partial charge in [0.1, 0.15) is 11.6 Å². The Hall–Kier alpha value is -2.47. The predicted molar refractivity (Wildman–Crippen MR) is 105 cm³/mol. The number of likely N-dealkylation sites (N-methyl/N-ethyl adjacent to an activating group) is 1. The van der Waals surface area contributed by atoms with E-state index in [1.54, 1.807) is 27.8 Å². The van der Waals surface area contributed by atoms with E-state index in [1.807, 2.05) is 30.3 Å². The summed E-state index contributed by atoms with van der Waals surface area (Å²) in [4.78, 5) is 36.7. The first kappa shape index (κ1) is 22.6. The third-order valence-electron chi connectivity index (χ3n) is 3.86. The molecule has 0 saturated heterocycles. The molecule has 1 rings (SSSR count). The zero-order valence-corrected chi connectivity index (χ0v) is 16.6. The van der Waals surface area contributed by atoms with Gasteiger partial charge in [-0.15, -0.1) is 0 Å². The smallest absolute Gasteiger partial charge is 0.329 e. The molecule has 0 aliphatic heterocycles. The number of ketones is 1. The highest BCUT2D eigenvalue weighted by atomic mass is 16.6. The Morgan fingerprint density at radius 3 is 2.30 bits per heavy atom. The maximum atomic E-state index is 12.7. The third kappa shape index (κ3) is 8.64. The Morgan fingerprint density at radius 2 is 1.78 bits per heavy atom. The standard InChI is InChI=1S/C21H30N2O4/c1-6-16(24)12-13-17(20(26)27-21(2,3)4)23-19(25)18(22-5)14-15-10-8-7-9-11-15/h6-11,17-18,22H,1,12-14H2,2-5H3,(H,23,25)/t17?,18-/m0/s1. The second-order valence-electron chi connectivity index (χ2n) is 7.33. The van der Waals surface area contributed by atoms with Crippen LogP contribution in [0.4, 0.5) is 0 Å². The van der Waals surface area contributed by atoms with Gasteiger partial charge < -0.3 is 15.4 Å². The lowest BCUT2D eigenvalue weighted by molar-refractivity contribution is -0.159. The van der Waals surface area contributed by atoms with Crippen LogP contribution >= 0.6 is 0 Å². The molecule has 0 saturated carbocycles. The number of carbonyl (C=O) groups is 3. The molecule has 2 atom stereocenters. The van der Waals surface area contributed by atoms with Crippen LogP contribution in [0, 0.1) is 0 Å². The molecule has 0 fully saturated rings. The van der Waals surface area contributed by atoms with Crippen molar-refractivity contribution in [3.63, 3.8) is 0 Å². The highest BCUT2D eigenvalue weighted by molar-refractivity contribution is 5.91. The van der Waals surface area contributed by atoms with Gasteiger partial charge in [-0.25, -0.2) is 4.79 Å². The van der Waals surface area contributed by atoms with Crippen LogP contribution in [0.1, 0.15) is 39.2 Å². The molecule has 2 N–H and O–H groups in total. The molecule has 0 radical (unpaired) electrons. The fraction of sp³-hybridized carbons (Fsp3) is 0.476. The highest BCUT2D eigenvalue weighted by Gasteiger charge is 2.29. The summed E-state index contributed by atoms with van der Waals surface area (Å²) in [5.41, 5.74) is 0.317. The summed E-state index contributed by atoms with van der Waals surface area (Å²) in [7, 11) is 1.69. The second-order valence-corrected chi connectivity index (χ2v) is 7.33. The lowest BCUT2D eigenvalue weighted by Crippen LogP contribution is -2.51. The average molecular weight is 374 g/mol. The number of amides is 1. The van der Waals surface area contributed by atoms with Crippen LogP contribution in [-0.4, -0.2) is 42.4 Å². The molecule has 0 aromatic heterocycles. The van der Waals surface area contributed by atoms with E-state index >= 15 is 0 Å². The van der Waals surface area contributed by atoms with E-state index in [9.17, 15) is 14.4 Å². The summed E-state index contributed by atoms with van der Waals surface area (Å²) >= 11 is 0. The Kier molecular flexibility index (Phi) is 8.88. The minimum absolute atomic E-state index is 0.108. The number of rotatable bonds is 10. The topological polar surface area (TPSA) is 84.5 Å². The SMILES string of the molecule is C=CC(=O)CCC(NC(=O)[C@H](Cc1ccccc1)NC)C(=O)OC(C)(C)C. The van der Waals surface area contributed by atoms with Gasteiger partial charge in [0.15, 0.2) is 5.78 Å². The Bertz CT molecular complexity index is 650. The molecule has 1 unspecified atom stereocenters. The number of ether oxygens (including phenoxy) is 1. The number of hydrogen-bond donors (Lipinski definition) is 2. The van der Waals surface area contributed by atoms with E-state index < -0.39 is 23.7 Å². The van der Waals surface area contributed by atoms with Gasteiger partial charge in [-0.1, -0.05) is 36.9 Å². The van der Waals surface area contributed by atoms with Crippen molar-refractivity contribution in [1.29, 1.82) is 0 Å². The number of esters is 1. The van der Waals surface area contributed by atoms with Gasteiger partial charge in [-0.05, 0) is 52.3 Å². The largest absolute Gasteiger partial charge is 0.458 e. The molecule has 6 heteroatoms. The fourth-order valence-corrected chi connectivity index (χ4v) is 2.46. The van der Waals surface area contributed by atoms with E-state index in [1.165, 1.54) is 6.08 Å². The van der Waals surface area contributed by atoms with E-state index in [4.69, 9.17) is 4.74 Å². The van der Waals surface area contributed by atoms with Crippen LogP contribution in [0.25, 0.3) is 0 Å². The molecule has 1 amide bonds. The maximum Gasteiger partial charge on any atom is 0.329 e. The molecule has 0 aliphatic rings. The first-order valence-corrected chi connectivity index (χ1v) is 9.06. The zero-order chi connectivity index (χ0) is 20.4. The van der Waals surface area contributed by atoms with Crippen LogP contribution in [0.2, 0.25) is 0 Å². The Morgan fingerprint density at radius 1 is 1.15 bits per heavy atom. The van der Waals surface area contributed by atoms with E-state index in [0.29, 0.717) is 6.42 Å². The minimum atomic E-state index is -0.896. The maximum absolute atomic E-state index is 12.7. The Labute approximate surface area is 161 Å². The van der Waals surface area contributed by atoms with Crippen LogP contribution < -0.4 is 10.6 Å². The normalized spacial score (nSPS) is 13.3. The molecule has 1 aromatic carbocycles. The summed E-state index contributed by atoms with van der Waals surface area (Å²) in [6.45, 7) is 8.69. The monoisotopic (exact) mass is 374 g/mol. The van der Waals surface area contributed by atoms with Crippen LogP contribution in [0.15, 0.2) is 43.0 Å². The molecule has 0 spiro atoms. The summed E-state index contributed by atoms with van der Waals surface area (Å²) in [6.07, 6.45) is 1.96. The van der Waals surface area contributed by atoms with Crippen molar-refractivity contribution in [3.8, 4) is 0 Å². The molecule has 148 valence electrons. The first-order valence-electron chi connectivity index (χ1n) is 9.06. The third-order valence-corrected chi connectivity index (χ3v) is 3.86. The van der Waals surface area contributed by atoms with Gasteiger partial charge in [-0.2, -0.15) is 0 Å². The molecule has 1 aromatic rings. The van der Waals surface area contributed by atoms with Crippen LogP contribution in [-0.2, 0) is 25.5 Å². The van der Waals surface area contributed by atoms with Crippen molar-refractivity contribution in [3.05, 3.63) is 48.6 Å². The molecule has 0 heterocycles. The van der Waals surface area contributed by atoms with Gasteiger partial charge in [0, 0.05) is 6.42 Å². The predicted octanol–water partition coefficient (Wildman–Crippen LogP) is 2.18. The zero-order valence-electron chi connectivity index (χ0n) is 16.6. The van der Waals surface area contributed by atoms with Crippen molar-refractivity contribution >= 4 is 17.7 Å². The van der Waals surface area contributed by atoms with Crippen LogP contribution in [0.5, 0.6) is 0 Å². The average Bonchev–Trinajstić information content (AvgIpc) is 2.61. The van der Waals surface area contributed by atoms with Crippen molar-refractivity contribution < 1.29 is 19.1 Å². The summed E-state index contributed by atoms with van der Waals surface area (Å²) < 4.78 is 5.39. The number of carbonyl (C=O) groups excluding carboxylic acids is 3. The molecule has 0 bridgehead atoms. The molecule has 0 aliphatic carbocycles. The lowest BCUT2D eigenvalue weighted by atomic mass is 10.0. The quantitative estimate of drug-likeness (QED) is 0.484. The minimum Gasteiger partial charge on any atom is -0.458 e. The number of allylic oxidation sites excluding steroid dienone is 1. The van der Waals surface area contributed by atoms with Gasteiger partial charge in [0.05, 0.1) is 6.04 Å².